The second-order valence-electron chi connectivity index (χ2n) is 11.3. The zero-order valence-electron chi connectivity index (χ0n) is 19.2. The molecular formula is C25H44. The largest absolute Gasteiger partial charge is 0.0623 e. The lowest BCUT2D eigenvalue weighted by molar-refractivity contribution is 0.125. The van der Waals surface area contributed by atoms with Crippen LogP contribution in [0, 0.1) is 22.7 Å². The molecule has 0 amide bonds. The van der Waals surface area contributed by atoms with Crippen molar-refractivity contribution >= 4 is 0 Å². The molecular weight excluding hydrogens is 300 g/mol. The first-order valence-electron chi connectivity index (χ1n) is 10.2. The van der Waals surface area contributed by atoms with Crippen LogP contribution in [0.1, 0.15) is 101 Å². The second kappa shape index (κ2) is 7.09. The zero-order valence-corrected chi connectivity index (χ0v) is 19.2. The van der Waals surface area contributed by atoms with Gasteiger partial charge >= 0.3 is 0 Å². The van der Waals surface area contributed by atoms with E-state index in [4.69, 9.17) is 0 Å². The summed E-state index contributed by atoms with van der Waals surface area (Å²) in [4.78, 5) is 0. The molecule has 25 heavy (non-hydrogen) atoms. The van der Waals surface area contributed by atoms with E-state index in [2.05, 4.69) is 107 Å². The van der Waals surface area contributed by atoms with Gasteiger partial charge in [0.05, 0.1) is 0 Å². The fourth-order valence-corrected chi connectivity index (χ4v) is 3.87. The first-order valence-corrected chi connectivity index (χ1v) is 10.2. The van der Waals surface area contributed by atoms with Gasteiger partial charge in [0.1, 0.15) is 0 Å². The summed E-state index contributed by atoms with van der Waals surface area (Å²) >= 11 is 0. The minimum Gasteiger partial charge on any atom is -0.0623 e. The van der Waals surface area contributed by atoms with Gasteiger partial charge in [0.25, 0.3) is 0 Å². The van der Waals surface area contributed by atoms with Crippen LogP contribution in [0.5, 0.6) is 0 Å². The van der Waals surface area contributed by atoms with E-state index in [0.717, 1.165) is 0 Å². The van der Waals surface area contributed by atoms with Crippen LogP contribution in [0.25, 0.3) is 0 Å². The molecule has 0 unspecified atom stereocenters. The van der Waals surface area contributed by atoms with E-state index >= 15 is 0 Å². The van der Waals surface area contributed by atoms with Gasteiger partial charge in [-0.05, 0) is 51.0 Å². The lowest BCUT2D eigenvalue weighted by Crippen LogP contribution is -2.40. The molecule has 0 radical (unpaired) electrons. The van der Waals surface area contributed by atoms with E-state index in [0.29, 0.717) is 17.3 Å². The fraction of sp³-hybridized carbons (Fsp3) is 0.760. The van der Waals surface area contributed by atoms with E-state index in [9.17, 15) is 0 Å². The Hall–Kier alpha value is -0.780. The van der Waals surface area contributed by atoms with Gasteiger partial charge in [-0.2, -0.15) is 0 Å². The highest BCUT2D eigenvalue weighted by molar-refractivity contribution is 5.35. The molecule has 0 saturated heterocycles. The van der Waals surface area contributed by atoms with Crippen LogP contribution < -0.4 is 0 Å². The molecule has 0 fully saturated rings. The van der Waals surface area contributed by atoms with Crippen LogP contribution in [-0.2, 0) is 10.8 Å². The summed E-state index contributed by atoms with van der Waals surface area (Å²) in [6, 6.07) is 9.42. The lowest BCUT2D eigenvalue weighted by Gasteiger charge is -2.46. The Kier molecular flexibility index (Phi) is 6.31. The maximum Gasteiger partial charge on any atom is -0.00499 e. The van der Waals surface area contributed by atoms with Crippen molar-refractivity contribution in [3.63, 3.8) is 0 Å². The van der Waals surface area contributed by atoms with Crippen LogP contribution in [0.3, 0.4) is 0 Å². The van der Waals surface area contributed by atoms with Crippen molar-refractivity contribution in [2.24, 2.45) is 22.7 Å². The third kappa shape index (κ3) is 4.50. The first-order chi connectivity index (χ1) is 11.1. The number of rotatable bonds is 7. The number of hydrogen-bond acceptors (Lipinski definition) is 0. The second-order valence-corrected chi connectivity index (χ2v) is 11.3. The summed E-state index contributed by atoms with van der Waals surface area (Å²) in [5.41, 5.74) is 3.85. The van der Waals surface area contributed by atoms with Crippen molar-refractivity contribution in [2.75, 3.05) is 0 Å². The van der Waals surface area contributed by atoms with Crippen LogP contribution in [0.4, 0.5) is 0 Å². The van der Waals surface area contributed by atoms with Crippen molar-refractivity contribution in [1.82, 2.24) is 0 Å². The van der Waals surface area contributed by atoms with Gasteiger partial charge in [0.2, 0.25) is 0 Å². The van der Waals surface area contributed by atoms with Crippen LogP contribution in [-0.4, -0.2) is 0 Å². The Labute approximate surface area is 158 Å². The van der Waals surface area contributed by atoms with Gasteiger partial charge in [0.15, 0.2) is 0 Å². The highest BCUT2D eigenvalue weighted by atomic mass is 14.5. The maximum atomic E-state index is 2.49. The van der Waals surface area contributed by atoms with Gasteiger partial charge in [-0.15, -0.1) is 0 Å². The molecule has 0 spiro atoms. The minimum absolute atomic E-state index is 0.140. The molecule has 0 heteroatoms. The van der Waals surface area contributed by atoms with Gasteiger partial charge < -0.3 is 0 Å². The molecule has 0 aromatic heterocycles. The average Bonchev–Trinajstić information content (AvgIpc) is 2.45. The highest BCUT2D eigenvalue weighted by Gasteiger charge is 2.41. The van der Waals surface area contributed by atoms with Crippen LogP contribution in [0.15, 0.2) is 24.3 Å². The van der Waals surface area contributed by atoms with Crippen molar-refractivity contribution in [3.8, 4) is 0 Å². The van der Waals surface area contributed by atoms with Gasteiger partial charge in [0, 0.05) is 0 Å². The summed E-state index contributed by atoms with van der Waals surface area (Å²) in [5.74, 6) is 1.32. The van der Waals surface area contributed by atoms with Crippen molar-refractivity contribution in [3.05, 3.63) is 35.4 Å². The van der Waals surface area contributed by atoms with Crippen LogP contribution >= 0.6 is 0 Å². The number of hydrogen-bond donors (Lipinski definition) is 0. The standard InChI is InChI=1S/C25H44/c1-18(2)22(5,6)17-23(7,8)20-14-13-15-21(16-20)25(11,12)24(9,10)19(3)4/h13-16,18-19H,17H2,1-12H3. The van der Waals surface area contributed by atoms with Crippen molar-refractivity contribution in [2.45, 2.75) is 100 Å². The summed E-state index contributed by atoms with van der Waals surface area (Å²) in [5, 5.41) is 0. The van der Waals surface area contributed by atoms with Gasteiger partial charge in [-0.3, -0.25) is 0 Å². The Morgan fingerprint density at radius 2 is 1.20 bits per heavy atom. The number of benzene rings is 1. The molecule has 0 N–H and O–H groups in total. The molecule has 0 aliphatic rings. The molecule has 0 saturated carbocycles. The zero-order chi connectivity index (χ0) is 19.8. The summed E-state index contributed by atoms with van der Waals surface area (Å²) in [6.45, 7) is 28.7. The van der Waals surface area contributed by atoms with Crippen LogP contribution in [0.2, 0.25) is 0 Å². The molecule has 1 aromatic carbocycles. The third-order valence-electron chi connectivity index (χ3n) is 7.88. The normalized spacial score (nSPS) is 14.5. The topological polar surface area (TPSA) is 0 Å². The highest BCUT2D eigenvalue weighted by Crippen LogP contribution is 2.47. The quantitative estimate of drug-likeness (QED) is 0.470. The van der Waals surface area contributed by atoms with Gasteiger partial charge in [-0.1, -0.05) is 107 Å². The Bertz CT molecular complexity index is 567. The fourth-order valence-electron chi connectivity index (χ4n) is 3.87. The van der Waals surface area contributed by atoms with E-state index in [1.165, 1.54) is 17.5 Å². The Morgan fingerprint density at radius 3 is 1.64 bits per heavy atom. The summed E-state index contributed by atoms with van der Waals surface area (Å²) < 4.78 is 0. The molecule has 0 atom stereocenters. The SMILES string of the molecule is CC(C)C(C)(C)CC(C)(C)c1cccc(C(C)(C)C(C)(C)C(C)C)c1. The predicted octanol–water partition coefficient (Wildman–Crippen LogP) is 8.00. The van der Waals surface area contributed by atoms with E-state index < -0.39 is 0 Å². The Morgan fingerprint density at radius 1 is 0.720 bits per heavy atom. The summed E-state index contributed by atoms with van der Waals surface area (Å²) in [6.07, 6.45) is 1.20. The molecule has 0 heterocycles. The van der Waals surface area contributed by atoms with E-state index in [1.54, 1.807) is 0 Å². The van der Waals surface area contributed by atoms with E-state index in [1.807, 2.05) is 0 Å². The monoisotopic (exact) mass is 344 g/mol. The van der Waals surface area contributed by atoms with Crippen molar-refractivity contribution < 1.29 is 0 Å². The van der Waals surface area contributed by atoms with Gasteiger partial charge in [-0.25, -0.2) is 0 Å². The molecule has 0 aliphatic carbocycles. The van der Waals surface area contributed by atoms with Crippen molar-refractivity contribution in [1.29, 1.82) is 0 Å². The minimum atomic E-state index is 0.140. The molecule has 144 valence electrons. The maximum absolute atomic E-state index is 2.49. The molecule has 0 nitrogen and oxygen atoms in total. The third-order valence-corrected chi connectivity index (χ3v) is 7.88. The first kappa shape index (κ1) is 22.3. The average molecular weight is 345 g/mol. The molecule has 1 rings (SSSR count). The predicted molar refractivity (Wildman–Crippen MR) is 114 cm³/mol. The molecule has 0 aliphatic heterocycles. The molecule has 0 bridgehead atoms. The lowest BCUT2D eigenvalue weighted by atomic mass is 9.58. The Balaban J connectivity index is 3.29. The summed E-state index contributed by atoms with van der Waals surface area (Å²) in [7, 11) is 0. The van der Waals surface area contributed by atoms with E-state index in [-0.39, 0.29) is 16.2 Å². The smallest absolute Gasteiger partial charge is 0.00499 e. The molecule has 1 aromatic rings.